The molecule has 0 atom stereocenters. The zero-order valence-corrected chi connectivity index (χ0v) is 8.79. The Morgan fingerprint density at radius 3 is 3.00 bits per heavy atom. The summed E-state index contributed by atoms with van der Waals surface area (Å²) in [4.78, 5) is 0. The van der Waals surface area contributed by atoms with E-state index < -0.39 is 0 Å². The van der Waals surface area contributed by atoms with Gasteiger partial charge in [-0.3, -0.25) is 0 Å². The smallest absolute Gasteiger partial charge is 0.134 e. The van der Waals surface area contributed by atoms with Crippen LogP contribution in [0, 0.1) is 11.3 Å². The molecule has 0 amide bonds. The number of unbranched alkanes of at least 4 members (excludes halogenated alkanes) is 1. The number of fused-ring (bicyclic) bond motifs is 1. The lowest BCUT2D eigenvalue weighted by Gasteiger charge is -1.95. The molecule has 2 aromatic rings. The second-order valence-corrected chi connectivity index (χ2v) is 3.69. The molecule has 0 fully saturated rings. The summed E-state index contributed by atoms with van der Waals surface area (Å²) in [5.41, 5.74) is 2.78. The Kier molecular flexibility index (Phi) is 2.73. The Morgan fingerprint density at radius 1 is 1.40 bits per heavy atom. The first-order valence-electron chi connectivity index (χ1n) is 5.25. The predicted octanol–water partition coefficient (Wildman–Crippen LogP) is 3.65. The van der Waals surface area contributed by atoms with Crippen molar-refractivity contribution in [1.29, 1.82) is 5.26 Å². The summed E-state index contributed by atoms with van der Waals surface area (Å²) < 4.78 is 5.44. The number of nitrogens with zero attached hydrogens (tertiary/aromatic N) is 1. The number of benzene rings is 1. The standard InChI is InChI=1S/C13H13NO/c1-2-3-4-11-9-15-13-6-5-10(8-14)7-12(11)13/h5-7,9H,2-4H2,1H3. The predicted molar refractivity (Wildman–Crippen MR) is 59.5 cm³/mol. The van der Waals surface area contributed by atoms with Gasteiger partial charge in [-0.15, -0.1) is 0 Å². The van der Waals surface area contributed by atoms with Crippen molar-refractivity contribution in [2.45, 2.75) is 26.2 Å². The third kappa shape index (κ3) is 1.87. The minimum atomic E-state index is 0.696. The molecule has 15 heavy (non-hydrogen) atoms. The maximum absolute atomic E-state index is 8.82. The first-order chi connectivity index (χ1) is 7.35. The van der Waals surface area contributed by atoms with Gasteiger partial charge in [0.15, 0.2) is 0 Å². The molecule has 2 rings (SSSR count). The minimum Gasteiger partial charge on any atom is -0.464 e. The topological polar surface area (TPSA) is 36.9 Å². The van der Waals surface area contributed by atoms with E-state index in [1.165, 1.54) is 12.0 Å². The van der Waals surface area contributed by atoms with E-state index in [1.54, 1.807) is 6.07 Å². The lowest BCUT2D eigenvalue weighted by Crippen LogP contribution is -1.82. The molecular formula is C13H13NO. The van der Waals surface area contributed by atoms with Gasteiger partial charge in [0.1, 0.15) is 5.58 Å². The van der Waals surface area contributed by atoms with E-state index in [0.717, 1.165) is 23.8 Å². The zero-order chi connectivity index (χ0) is 10.7. The maximum atomic E-state index is 8.82. The highest BCUT2D eigenvalue weighted by Crippen LogP contribution is 2.23. The second kappa shape index (κ2) is 4.18. The van der Waals surface area contributed by atoms with Crippen LogP contribution in [0.5, 0.6) is 0 Å². The van der Waals surface area contributed by atoms with Crippen LogP contribution in [0.2, 0.25) is 0 Å². The van der Waals surface area contributed by atoms with Crippen LogP contribution in [0.1, 0.15) is 30.9 Å². The molecule has 0 saturated carbocycles. The molecule has 0 aliphatic carbocycles. The van der Waals surface area contributed by atoms with Crippen LogP contribution in [0.15, 0.2) is 28.9 Å². The van der Waals surface area contributed by atoms with E-state index in [9.17, 15) is 0 Å². The van der Waals surface area contributed by atoms with Crippen molar-refractivity contribution in [2.75, 3.05) is 0 Å². The van der Waals surface area contributed by atoms with Gasteiger partial charge in [0, 0.05) is 5.39 Å². The van der Waals surface area contributed by atoms with Gasteiger partial charge in [0.25, 0.3) is 0 Å². The maximum Gasteiger partial charge on any atom is 0.134 e. The van der Waals surface area contributed by atoms with Gasteiger partial charge in [-0.25, -0.2) is 0 Å². The van der Waals surface area contributed by atoms with Crippen molar-refractivity contribution in [2.24, 2.45) is 0 Å². The largest absolute Gasteiger partial charge is 0.464 e. The molecule has 2 heteroatoms. The molecule has 0 saturated heterocycles. The van der Waals surface area contributed by atoms with Crippen molar-refractivity contribution >= 4 is 11.0 Å². The van der Waals surface area contributed by atoms with E-state index in [2.05, 4.69) is 13.0 Å². The Balaban J connectivity index is 2.43. The molecule has 0 aliphatic heterocycles. The average Bonchev–Trinajstić information content (AvgIpc) is 2.68. The monoisotopic (exact) mass is 199 g/mol. The van der Waals surface area contributed by atoms with Crippen LogP contribution in [-0.4, -0.2) is 0 Å². The SMILES string of the molecule is CCCCc1coc2ccc(C#N)cc12. The Bertz CT molecular complexity index is 505. The molecule has 1 aromatic heterocycles. The van der Waals surface area contributed by atoms with Crippen LogP contribution in [-0.2, 0) is 6.42 Å². The molecule has 0 N–H and O–H groups in total. The highest BCUT2D eigenvalue weighted by Gasteiger charge is 2.05. The van der Waals surface area contributed by atoms with Gasteiger partial charge in [-0.2, -0.15) is 5.26 Å². The average molecular weight is 199 g/mol. The van der Waals surface area contributed by atoms with Crippen molar-refractivity contribution in [1.82, 2.24) is 0 Å². The quantitative estimate of drug-likeness (QED) is 0.756. The lowest BCUT2D eigenvalue weighted by atomic mass is 10.1. The molecule has 76 valence electrons. The van der Waals surface area contributed by atoms with Crippen LogP contribution in [0.3, 0.4) is 0 Å². The lowest BCUT2D eigenvalue weighted by molar-refractivity contribution is 0.608. The highest BCUT2D eigenvalue weighted by atomic mass is 16.3. The van der Waals surface area contributed by atoms with Gasteiger partial charge >= 0.3 is 0 Å². The summed E-state index contributed by atoms with van der Waals surface area (Å²) in [6.45, 7) is 2.17. The van der Waals surface area contributed by atoms with E-state index in [0.29, 0.717) is 5.56 Å². The summed E-state index contributed by atoms with van der Waals surface area (Å²) >= 11 is 0. The van der Waals surface area contributed by atoms with E-state index in [-0.39, 0.29) is 0 Å². The van der Waals surface area contributed by atoms with E-state index >= 15 is 0 Å². The first kappa shape index (κ1) is 9.79. The Morgan fingerprint density at radius 2 is 2.27 bits per heavy atom. The van der Waals surface area contributed by atoms with Crippen molar-refractivity contribution in [3.63, 3.8) is 0 Å². The Labute approximate surface area is 89.1 Å². The van der Waals surface area contributed by atoms with Crippen molar-refractivity contribution in [3.8, 4) is 6.07 Å². The van der Waals surface area contributed by atoms with E-state index in [4.69, 9.17) is 9.68 Å². The summed E-state index contributed by atoms with van der Waals surface area (Å²) in [6, 6.07) is 7.71. The number of rotatable bonds is 3. The molecule has 1 heterocycles. The third-order valence-corrected chi connectivity index (χ3v) is 2.58. The third-order valence-electron chi connectivity index (χ3n) is 2.58. The van der Waals surface area contributed by atoms with E-state index in [1.807, 2.05) is 18.4 Å². The minimum absolute atomic E-state index is 0.696. The number of aryl methyl sites for hydroxylation is 1. The van der Waals surface area contributed by atoms with Crippen LogP contribution >= 0.6 is 0 Å². The molecule has 0 aliphatic rings. The normalized spacial score (nSPS) is 10.4. The van der Waals surface area contributed by atoms with Crippen LogP contribution in [0.4, 0.5) is 0 Å². The van der Waals surface area contributed by atoms with Gasteiger partial charge < -0.3 is 4.42 Å². The summed E-state index contributed by atoms with van der Waals surface area (Å²) in [6.07, 6.45) is 5.16. The number of nitriles is 1. The molecular weight excluding hydrogens is 186 g/mol. The zero-order valence-electron chi connectivity index (χ0n) is 8.79. The van der Waals surface area contributed by atoms with Gasteiger partial charge in [0.2, 0.25) is 0 Å². The first-order valence-corrected chi connectivity index (χ1v) is 5.25. The van der Waals surface area contributed by atoms with Gasteiger partial charge in [-0.1, -0.05) is 13.3 Å². The fourth-order valence-corrected chi connectivity index (χ4v) is 1.71. The molecule has 0 unspecified atom stereocenters. The second-order valence-electron chi connectivity index (χ2n) is 3.69. The Hall–Kier alpha value is -1.75. The number of hydrogen-bond donors (Lipinski definition) is 0. The molecule has 0 spiro atoms. The summed E-state index contributed by atoms with van der Waals surface area (Å²) in [5.74, 6) is 0. The fourth-order valence-electron chi connectivity index (χ4n) is 1.71. The summed E-state index contributed by atoms with van der Waals surface area (Å²) in [5, 5.41) is 9.91. The molecule has 0 radical (unpaired) electrons. The van der Waals surface area contributed by atoms with Crippen molar-refractivity contribution in [3.05, 3.63) is 35.6 Å². The molecule has 0 bridgehead atoms. The van der Waals surface area contributed by atoms with Crippen LogP contribution < -0.4 is 0 Å². The molecule has 1 aromatic carbocycles. The highest BCUT2D eigenvalue weighted by molar-refractivity contribution is 5.82. The fraction of sp³-hybridized carbons (Fsp3) is 0.308. The van der Waals surface area contributed by atoms with Gasteiger partial charge in [0.05, 0.1) is 17.9 Å². The number of furan rings is 1. The summed E-state index contributed by atoms with van der Waals surface area (Å²) in [7, 11) is 0. The van der Waals surface area contributed by atoms with Gasteiger partial charge in [-0.05, 0) is 36.6 Å². The molecule has 2 nitrogen and oxygen atoms in total. The number of hydrogen-bond acceptors (Lipinski definition) is 2. The van der Waals surface area contributed by atoms with Crippen molar-refractivity contribution < 1.29 is 4.42 Å². The van der Waals surface area contributed by atoms with Crippen LogP contribution in [0.25, 0.3) is 11.0 Å².